The van der Waals surface area contributed by atoms with Crippen molar-refractivity contribution in [2.75, 3.05) is 20.2 Å². The van der Waals surface area contributed by atoms with Gasteiger partial charge in [-0.3, -0.25) is 4.79 Å². The van der Waals surface area contributed by atoms with Gasteiger partial charge in [0.15, 0.2) is 5.82 Å². The van der Waals surface area contributed by atoms with E-state index in [-0.39, 0.29) is 30.4 Å². The summed E-state index contributed by atoms with van der Waals surface area (Å²) >= 11 is 2.09. The van der Waals surface area contributed by atoms with Crippen LogP contribution >= 0.6 is 22.6 Å². The third-order valence-electron chi connectivity index (χ3n) is 3.75. The molecule has 2 heterocycles. The first-order chi connectivity index (χ1) is 10.5. The number of nitrogens with zero attached hydrogens (tertiary/aromatic N) is 2. The van der Waals surface area contributed by atoms with Crippen molar-refractivity contribution in [3.05, 3.63) is 15.2 Å². The topological polar surface area (TPSA) is 108 Å². The summed E-state index contributed by atoms with van der Waals surface area (Å²) in [5.74, 6) is -0.0230. The van der Waals surface area contributed by atoms with E-state index in [1.807, 2.05) is 6.92 Å². The van der Waals surface area contributed by atoms with Gasteiger partial charge in [0.05, 0.1) is 18.7 Å². The molecule has 8 nitrogen and oxygen atoms in total. The number of piperidine rings is 1. The number of halogens is 1. The van der Waals surface area contributed by atoms with E-state index in [2.05, 4.69) is 37.9 Å². The molecular formula is C13H19IN4O4. The number of H-pyrrole nitrogens is 1. The van der Waals surface area contributed by atoms with E-state index in [0.29, 0.717) is 13.0 Å². The molecule has 2 atom stereocenters. The van der Waals surface area contributed by atoms with Crippen LogP contribution < -0.4 is 5.32 Å². The lowest BCUT2D eigenvalue weighted by molar-refractivity contribution is 0.0100. The van der Waals surface area contributed by atoms with E-state index in [9.17, 15) is 9.59 Å². The van der Waals surface area contributed by atoms with Gasteiger partial charge in [-0.15, -0.1) is 0 Å². The van der Waals surface area contributed by atoms with Crippen molar-refractivity contribution in [3.63, 3.8) is 0 Å². The lowest BCUT2D eigenvalue weighted by atomic mass is 10.0. The Kier molecular flexibility index (Phi) is 5.62. The molecule has 1 aliphatic rings. The van der Waals surface area contributed by atoms with Crippen LogP contribution in [-0.4, -0.2) is 64.3 Å². The average molecular weight is 422 g/mol. The highest BCUT2D eigenvalue weighted by atomic mass is 127. The molecule has 122 valence electrons. The SMILES string of the molecule is CCc1[nH]c(C(=O)N[C@H]2CCN(C(=O)O)C[C@H]2OC)nc1I. The minimum absolute atomic E-state index is 0.235. The van der Waals surface area contributed by atoms with Crippen molar-refractivity contribution >= 4 is 34.6 Å². The fourth-order valence-electron chi connectivity index (χ4n) is 2.46. The third-order valence-corrected chi connectivity index (χ3v) is 4.64. The minimum atomic E-state index is -0.972. The second-order valence-electron chi connectivity index (χ2n) is 5.08. The highest BCUT2D eigenvalue weighted by Gasteiger charge is 2.33. The van der Waals surface area contributed by atoms with Crippen molar-refractivity contribution in [3.8, 4) is 0 Å². The summed E-state index contributed by atoms with van der Waals surface area (Å²) in [6, 6.07) is -0.235. The molecule has 1 fully saturated rings. The van der Waals surface area contributed by atoms with Gasteiger partial charge in [-0.05, 0) is 35.4 Å². The predicted octanol–water partition coefficient (Wildman–Crippen LogP) is 1.07. The van der Waals surface area contributed by atoms with Crippen molar-refractivity contribution in [2.24, 2.45) is 0 Å². The van der Waals surface area contributed by atoms with Gasteiger partial charge in [0, 0.05) is 19.3 Å². The predicted molar refractivity (Wildman–Crippen MR) is 86.9 cm³/mol. The molecule has 0 unspecified atom stereocenters. The average Bonchev–Trinajstić information content (AvgIpc) is 2.88. The smallest absolute Gasteiger partial charge is 0.407 e. The number of rotatable bonds is 4. The highest BCUT2D eigenvalue weighted by molar-refractivity contribution is 14.1. The third kappa shape index (κ3) is 3.69. The maximum atomic E-state index is 12.3. The molecule has 3 N–H and O–H groups in total. The monoisotopic (exact) mass is 422 g/mol. The number of carbonyl (C=O) groups is 2. The second-order valence-corrected chi connectivity index (χ2v) is 6.10. The summed E-state index contributed by atoms with van der Waals surface area (Å²) in [6.45, 7) is 2.60. The van der Waals surface area contributed by atoms with Gasteiger partial charge in [0.25, 0.3) is 5.91 Å². The largest absolute Gasteiger partial charge is 0.465 e. The number of aromatic amines is 1. The number of amides is 2. The van der Waals surface area contributed by atoms with Gasteiger partial charge >= 0.3 is 6.09 Å². The van der Waals surface area contributed by atoms with Crippen molar-refractivity contribution in [2.45, 2.75) is 31.9 Å². The van der Waals surface area contributed by atoms with Crippen LogP contribution in [0.1, 0.15) is 29.7 Å². The summed E-state index contributed by atoms with van der Waals surface area (Å²) in [5.41, 5.74) is 0.926. The maximum Gasteiger partial charge on any atom is 0.407 e. The molecule has 0 saturated carbocycles. The Morgan fingerprint density at radius 3 is 2.86 bits per heavy atom. The van der Waals surface area contributed by atoms with Crippen LogP contribution in [0.4, 0.5) is 4.79 Å². The molecule has 9 heteroatoms. The van der Waals surface area contributed by atoms with E-state index in [1.54, 1.807) is 0 Å². The van der Waals surface area contributed by atoms with Gasteiger partial charge in [0.2, 0.25) is 0 Å². The number of carboxylic acid groups (broad SMARTS) is 1. The van der Waals surface area contributed by atoms with E-state index >= 15 is 0 Å². The zero-order chi connectivity index (χ0) is 16.3. The summed E-state index contributed by atoms with van der Waals surface area (Å²) in [4.78, 5) is 31.8. The fourth-order valence-corrected chi connectivity index (χ4v) is 3.22. The van der Waals surface area contributed by atoms with Gasteiger partial charge < -0.3 is 25.0 Å². The van der Waals surface area contributed by atoms with Crippen LogP contribution in [0.2, 0.25) is 0 Å². The Labute approximate surface area is 141 Å². The Bertz CT molecular complexity index is 562. The summed E-state index contributed by atoms with van der Waals surface area (Å²) < 4.78 is 6.11. The number of hydrogen-bond donors (Lipinski definition) is 3. The van der Waals surface area contributed by atoms with Crippen LogP contribution in [0.15, 0.2) is 0 Å². The molecule has 2 rings (SSSR count). The van der Waals surface area contributed by atoms with Gasteiger partial charge in [-0.25, -0.2) is 9.78 Å². The molecule has 0 spiro atoms. The Balaban J connectivity index is 2.02. The number of aromatic nitrogens is 2. The molecule has 2 amide bonds. The summed E-state index contributed by atoms with van der Waals surface area (Å²) in [7, 11) is 1.51. The number of imidazole rings is 1. The van der Waals surface area contributed by atoms with Gasteiger partial charge in [-0.2, -0.15) is 0 Å². The Hall–Kier alpha value is -1.36. The Morgan fingerprint density at radius 2 is 2.32 bits per heavy atom. The quantitative estimate of drug-likeness (QED) is 0.630. The van der Waals surface area contributed by atoms with Crippen LogP contribution in [0.25, 0.3) is 0 Å². The molecule has 1 aromatic rings. The number of methoxy groups -OCH3 is 1. The van der Waals surface area contributed by atoms with Gasteiger partial charge in [0.1, 0.15) is 3.70 Å². The Morgan fingerprint density at radius 1 is 1.59 bits per heavy atom. The van der Waals surface area contributed by atoms with Gasteiger partial charge in [-0.1, -0.05) is 6.92 Å². The summed E-state index contributed by atoms with van der Waals surface area (Å²) in [6.07, 6.45) is -0.0564. The van der Waals surface area contributed by atoms with E-state index < -0.39 is 6.09 Å². The number of nitrogens with one attached hydrogen (secondary N) is 2. The number of aryl methyl sites for hydroxylation is 1. The van der Waals surface area contributed by atoms with Crippen LogP contribution in [0.3, 0.4) is 0 Å². The zero-order valence-corrected chi connectivity index (χ0v) is 14.6. The fraction of sp³-hybridized carbons (Fsp3) is 0.615. The van der Waals surface area contributed by atoms with Crippen molar-refractivity contribution in [1.29, 1.82) is 0 Å². The number of carbonyl (C=O) groups excluding carboxylic acids is 1. The van der Waals surface area contributed by atoms with E-state index in [0.717, 1.165) is 15.8 Å². The molecule has 0 radical (unpaired) electrons. The lowest BCUT2D eigenvalue weighted by Crippen LogP contribution is -2.55. The zero-order valence-electron chi connectivity index (χ0n) is 12.4. The molecular weight excluding hydrogens is 403 g/mol. The number of hydrogen-bond acceptors (Lipinski definition) is 4. The molecule has 0 bridgehead atoms. The first-order valence-corrected chi connectivity index (χ1v) is 8.10. The molecule has 0 aliphatic carbocycles. The van der Waals surface area contributed by atoms with Crippen LogP contribution in [0, 0.1) is 3.70 Å². The van der Waals surface area contributed by atoms with Crippen molar-refractivity contribution < 1.29 is 19.4 Å². The first-order valence-electron chi connectivity index (χ1n) is 7.02. The number of ether oxygens (including phenoxy) is 1. The number of likely N-dealkylation sites (tertiary alicyclic amines) is 1. The lowest BCUT2D eigenvalue weighted by Gasteiger charge is -2.36. The molecule has 1 aliphatic heterocycles. The normalized spacial score (nSPS) is 21.7. The second kappa shape index (κ2) is 7.27. The van der Waals surface area contributed by atoms with Crippen LogP contribution in [0.5, 0.6) is 0 Å². The minimum Gasteiger partial charge on any atom is -0.465 e. The maximum absolute atomic E-state index is 12.3. The standard InChI is InChI=1S/C13H19IN4O4/c1-3-7-10(14)17-11(15-7)12(19)16-8-4-5-18(13(20)21)6-9(8)22-2/h8-9H,3-6H2,1-2H3,(H,15,17)(H,16,19)(H,20,21)/t8-,9+/m0/s1. The van der Waals surface area contributed by atoms with E-state index in [1.165, 1.54) is 12.0 Å². The first kappa shape index (κ1) is 17.0. The molecule has 22 heavy (non-hydrogen) atoms. The highest BCUT2D eigenvalue weighted by Crippen LogP contribution is 2.15. The molecule has 1 saturated heterocycles. The molecule has 1 aromatic heterocycles. The molecule has 0 aromatic carbocycles. The van der Waals surface area contributed by atoms with Crippen molar-refractivity contribution in [1.82, 2.24) is 20.2 Å². The summed E-state index contributed by atoms with van der Waals surface area (Å²) in [5, 5.41) is 11.9. The van der Waals surface area contributed by atoms with E-state index in [4.69, 9.17) is 9.84 Å². The van der Waals surface area contributed by atoms with Crippen LogP contribution in [-0.2, 0) is 11.2 Å².